The van der Waals surface area contributed by atoms with Crippen LogP contribution in [0.1, 0.15) is 31.2 Å². The van der Waals surface area contributed by atoms with Gasteiger partial charge >= 0.3 is 0 Å². The number of carbonyl (C=O) groups excluding carboxylic acids is 2. The van der Waals surface area contributed by atoms with Gasteiger partial charge in [-0.3, -0.25) is 9.59 Å². The topological polar surface area (TPSA) is 101 Å². The maximum absolute atomic E-state index is 12.6. The molecule has 1 aliphatic carbocycles. The number of carbonyl (C=O) groups is 2. The zero-order valence-corrected chi connectivity index (χ0v) is 15.4. The summed E-state index contributed by atoms with van der Waals surface area (Å²) in [5, 5.41) is 2.93. The van der Waals surface area contributed by atoms with Crippen LogP contribution in [-0.2, 0) is 16.1 Å². The van der Waals surface area contributed by atoms with Crippen molar-refractivity contribution in [1.82, 2.24) is 0 Å². The highest BCUT2D eigenvalue weighted by molar-refractivity contribution is 5.98. The van der Waals surface area contributed by atoms with Crippen molar-refractivity contribution >= 4 is 23.2 Å². The van der Waals surface area contributed by atoms with Gasteiger partial charge in [0.05, 0.1) is 12.1 Å². The molecule has 1 saturated carbocycles. The van der Waals surface area contributed by atoms with Crippen LogP contribution in [0.15, 0.2) is 54.6 Å². The molecule has 0 saturated heterocycles. The van der Waals surface area contributed by atoms with Crippen molar-refractivity contribution in [1.29, 1.82) is 0 Å². The van der Waals surface area contributed by atoms with E-state index < -0.39 is 11.4 Å². The van der Waals surface area contributed by atoms with E-state index in [1.807, 2.05) is 59.5 Å². The van der Waals surface area contributed by atoms with Gasteiger partial charge in [-0.15, -0.1) is 0 Å². The van der Waals surface area contributed by atoms with Crippen LogP contribution in [0.2, 0.25) is 0 Å². The van der Waals surface area contributed by atoms with Crippen LogP contribution < -0.4 is 21.7 Å². The second-order valence-electron chi connectivity index (χ2n) is 7.18. The first-order valence-electron chi connectivity index (χ1n) is 9.24. The Kier molecular flexibility index (Phi) is 5.76. The minimum Gasteiger partial charge on any atom is -0.368 e. The lowest BCUT2D eigenvalue weighted by molar-refractivity contribution is -0.121. The minimum absolute atomic E-state index is 0.0904. The van der Waals surface area contributed by atoms with Crippen LogP contribution in [-0.4, -0.2) is 23.9 Å². The Labute approximate surface area is 159 Å². The SMILES string of the molecule is NC(=O)CN(Cc1ccccc1)c1cccc(NC(=O)C2(N)CCCC2)c1. The summed E-state index contributed by atoms with van der Waals surface area (Å²) in [5.41, 5.74) is 13.4. The van der Waals surface area contributed by atoms with Gasteiger partial charge in [0, 0.05) is 17.9 Å². The van der Waals surface area contributed by atoms with E-state index in [2.05, 4.69) is 5.32 Å². The van der Waals surface area contributed by atoms with E-state index in [9.17, 15) is 9.59 Å². The Morgan fingerprint density at radius 1 is 1.04 bits per heavy atom. The van der Waals surface area contributed by atoms with Gasteiger partial charge in [-0.05, 0) is 36.6 Å². The normalized spacial score (nSPS) is 15.3. The highest BCUT2D eigenvalue weighted by atomic mass is 16.2. The Bertz CT molecular complexity index is 801. The molecule has 0 radical (unpaired) electrons. The number of rotatable bonds is 7. The number of nitrogens with two attached hydrogens (primary N) is 2. The summed E-state index contributed by atoms with van der Waals surface area (Å²) in [6.45, 7) is 0.634. The van der Waals surface area contributed by atoms with E-state index in [1.54, 1.807) is 0 Å². The summed E-state index contributed by atoms with van der Waals surface area (Å²) in [4.78, 5) is 26.0. The first kappa shape index (κ1) is 18.9. The number of hydrogen-bond acceptors (Lipinski definition) is 4. The average Bonchev–Trinajstić information content (AvgIpc) is 3.10. The molecule has 0 heterocycles. The number of nitrogens with one attached hydrogen (secondary N) is 1. The van der Waals surface area contributed by atoms with Crippen molar-refractivity contribution in [2.45, 2.75) is 37.8 Å². The van der Waals surface area contributed by atoms with E-state index in [-0.39, 0.29) is 12.5 Å². The van der Waals surface area contributed by atoms with Gasteiger partial charge in [0.1, 0.15) is 0 Å². The Morgan fingerprint density at radius 3 is 2.41 bits per heavy atom. The van der Waals surface area contributed by atoms with Crippen LogP contribution in [0.4, 0.5) is 11.4 Å². The van der Waals surface area contributed by atoms with Crippen molar-refractivity contribution in [3.63, 3.8) is 0 Å². The molecule has 6 nitrogen and oxygen atoms in total. The van der Waals surface area contributed by atoms with Crippen LogP contribution in [0, 0.1) is 0 Å². The van der Waals surface area contributed by atoms with Crippen molar-refractivity contribution in [2.24, 2.45) is 11.5 Å². The molecule has 0 spiro atoms. The van der Waals surface area contributed by atoms with Gasteiger partial charge in [-0.2, -0.15) is 0 Å². The molecule has 1 aliphatic rings. The van der Waals surface area contributed by atoms with E-state index in [0.29, 0.717) is 25.1 Å². The molecule has 0 aliphatic heterocycles. The average molecular weight is 366 g/mol. The van der Waals surface area contributed by atoms with E-state index >= 15 is 0 Å². The summed E-state index contributed by atoms with van der Waals surface area (Å²) >= 11 is 0. The molecule has 6 heteroatoms. The van der Waals surface area contributed by atoms with Crippen LogP contribution >= 0.6 is 0 Å². The molecule has 0 bridgehead atoms. The molecular formula is C21H26N4O2. The quantitative estimate of drug-likeness (QED) is 0.700. The zero-order chi connectivity index (χ0) is 19.3. The van der Waals surface area contributed by atoms with Crippen molar-refractivity contribution < 1.29 is 9.59 Å². The number of amides is 2. The zero-order valence-electron chi connectivity index (χ0n) is 15.4. The number of benzene rings is 2. The van der Waals surface area contributed by atoms with Gasteiger partial charge < -0.3 is 21.7 Å². The smallest absolute Gasteiger partial charge is 0.244 e. The summed E-state index contributed by atoms with van der Waals surface area (Å²) < 4.78 is 0. The molecule has 3 rings (SSSR count). The fraction of sp³-hybridized carbons (Fsp3) is 0.333. The molecule has 0 atom stereocenters. The largest absolute Gasteiger partial charge is 0.368 e. The molecule has 2 aromatic rings. The first-order valence-corrected chi connectivity index (χ1v) is 9.24. The fourth-order valence-corrected chi connectivity index (χ4v) is 3.50. The molecule has 5 N–H and O–H groups in total. The standard InChI is InChI=1S/C21H26N4O2/c22-19(26)15-25(14-16-7-2-1-3-8-16)18-10-6-9-17(13-18)24-20(27)21(23)11-4-5-12-21/h1-3,6-10,13H,4-5,11-12,14-15,23H2,(H2,22,26)(H,24,27). The monoisotopic (exact) mass is 366 g/mol. The summed E-state index contributed by atoms with van der Waals surface area (Å²) in [6, 6.07) is 17.3. The minimum atomic E-state index is -0.785. The highest BCUT2D eigenvalue weighted by Gasteiger charge is 2.37. The molecule has 2 amide bonds. The molecule has 27 heavy (non-hydrogen) atoms. The Morgan fingerprint density at radius 2 is 1.74 bits per heavy atom. The lowest BCUT2D eigenvalue weighted by atomic mass is 9.98. The van der Waals surface area contributed by atoms with E-state index in [4.69, 9.17) is 11.5 Å². The second kappa shape index (κ2) is 8.22. The number of nitrogens with zero attached hydrogens (tertiary/aromatic N) is 1. The van der Waals surface area contributed by atoms with Crippen molar-refractivity contribution in [3.8, 4) is 0 Å². The molecule has 2 aromatic carbocycles. The molecule has 0 aromatic heterocycles. The highest BCUT2D eigenvalue weighted by Crippen LogP contribution is 2.29. The molecular weight excluding hydrogens is 340 g/mol. The summed E-state index contributed by atoms with van der Waals surface area (Å²) in [5.74, 6) is -0.561. The Balaban J connectivity index is 1.78. The van der Waals surface area contributed by atoms with Crippen molar-refractivity contribution in [3.05, 3.63) is 60.2 Å². The number of hydrogen-bond donors (Lipinski definition) is 3. The first-order chi connectivity index (χ1) is 13.0. The van der Waals surface area contributed by atoms with Gasteiger partial charge in [0.2, 0.25) is 11.8 Å². The maximum atomic E-state index is 12.6. The van der Waals surface area contributed by atoms with Gasteiger partial charge in [-0.1, -0.05) is 49.2 Å². The Hall–Kier alpha value is -2.86. The van der Waals surface area contributed by atoms with E-state index in [0.717, 1.165) is 24.1 Å². The number of primary amides is 1. The van der Waals surface area contributed by atoms with Crippen LogP contribution in [0.25, 0.3) is 0 Å². The fourth-order valence-electron chi connectivity index (χ4n) is 3.50. The third-order valence-electron chi connectivity index (χ3n) is 4.98. The predicted molar refractivity (Wildman–Crippen MR) is 107 cm³/mol. The molecule has 142 valence electrons. The number of anilines is 2. The maximum Gasteiger partial charge on any atom is 0.244 e. The second-order valence-corrected chi connectivity index (χ2v) is 7.18. The third-order valence-corrected chi connectivity index (χ3v) is 4.98. The molecule has 1 fully saturated rings. The van der Waals surface area contributed by atoms with E-state index in [1.165, 1.54) is 0 Å². The summed E-state index contributed by atoms with van der Waals surface area (Å²) in [6.07, 6.45) is 3.38. The lowest BCUT2D eigenvalue weighted by Crippen LogP contribution is -2.48. The van der Waals surface area contributed by atoms with Crippen molar-refractivity contribution in [2.75, 3.05) is 16.8 Å². The molecule has 0 unspecified atom stereocenters. The van der Waals surface area contributed by atoms with Gasteiger partial charge in [0.25, 0.3) is 0 Å². The summed E-state index contributed by atoms with van der Waals surface area (Å²) in [7, 11) is 0. The third kappa shape index (κ3) is 4.86. The van der Waals surface area contributed by atoms with Gasteiger partial charge in [0.15, 0.2) is 0 Å². The lowest BCUT2D eigenvalue weighted by Gasteiger charge is -2.25. The van der Waals surface area contributed by atoms with Crippen LogP contribution in [0.5, 0.6) is 0 Å². The van der Waals surface area contributed by atoms with Crippen LogP contribution in [0.3, 0.4) is 0 Å². The van der Waals surface area contributed by atoms with Gasteiger partial charge in [-0.25, -0.2) is 0 Å². The predicted octanol–water partition coefficient (Wildman–Crippen LogP) is 2.39.